The first kappa shape index (κ1) is 38.8. The van der Waals surface area contributed by atoms with Gasteiger partial charge in [0, 0.05) is 31.2 Å². The average molecular weight is 701 g/mol. The summed E-state index contributed by atoms with van der Waals surface area (Å²) in [6.07, 6.45) is 7.56. The maximum atomic E-state index is 13.5. The molecular formula is C40H64N2O8. The second-order valence-corrected chi connectivity index (χ2v) is 18.1. The minimum atomic E-state index is -0.836. The number of hydrogen-bond acceptors (Lipinski definition) is 8. The summed E-state index contributed by atoms with van der Waals surface area (Å²) in [5, 5.41) is 13.7. The molecule has 4 N–H and O–H groups in total. The van der Waals surface area contributed by atoms with Crippen LogP contribution in [0.15, 0.2) is 11.6 Å². The predicted molar refractivity (Wildman–Crippen MR) is 190 cm³/mol. The number of carboxylic acids is 1. The summed E-state index contributed by atoms with van der Waals surface area (Å²) in [4.78, 5) is 50.7. The first-order valence-electron chi connectivity index (χ1n) is 19.2. The van der Waals surface area contributed by atoms with E-state index in [0.29, 0.717) is 57.8 Å². The van der Waals surface area contributed by atoms with Gasteiger partial charge >= 0.3 is 17.9 Å². The van der Waals surface area contributed by atoms with Crippen LogP contribution in [0.5, 0.6) is 0 Å². The number of carbonyl (C=O) groups excluding carboxylic acids is 3. The van der Waals surface area contributed by atoms with Crippen molar-refractivity contribution in [1.29, 1.82) is 0 Å². The lowest BCUT2D eigenvalue weighted by Gasteiger charge is -2.71. The van der Waals surface area contributed by atoms with Crippen LogP contribution < -0.4 is 11.1 Å². The molecule has 2 bridgehead atoms. The van der Waals surface area contributed by atoms with Crippen molar-refractivity contribution >= 4 is 23.8 Å². The number of rotatable bonds is 11. The van der Waals surface area contributed by atoms with Crippen molar-refractivity contribution in [2.75, 3.05) is 19.8 Å². The standard InChI is InChI=1S/C40H64N2O8/c1-23(2)24(3)36(6)17-18-38(8)27-13-14-31-37(7)21-48-22-40(31,28(27)15-16-39(38,9)32(36)34(45)46)20-30(49-26(5)44)33(37)50-35(47)29(41)12-10-11-19-42-25(4)43/h15,23-24,27,29-33H,10-14,16-22,41H2,1-9H3,(H,42,43)(H,45,46)/t24-,27+,29?,30-,31+,32-,33+,36-,37-,38-,39+,40-/m1/s1. The van der Waals surface area contributed by atoms with Crippen LogP contribution in [0.3, 0.4) is 0 Å². The van der Waals surface area contributed by atoms with Gasteiger partial charge in [0.15, 0.2) is 0 Å². The molecule has 10 nitrogen and oxygen atoms in total. The second kappa shape index (κ2) is 13.8. The van der Waals surface area contributed by atoms with Crippen molar-refractivity contribution in [3.8, 4) is 0 Å². The van der Waals surface area contributed by atoms with E-state index in [2.05, 4.69) is 59.9 Å². The summed E-state index contributed by atoms with van der Waals surface area (Å²) in [6, 6.07) is -0.836. The van der Waals surface area contributed by atoms with Crippen molar-refractivity contribution < 1.29 is 38.5 Å². The number of hydrogen-bond donors (Lipinski definition) is 3. The fourth-order valence-corrected chi connectivity index (χ4v) is 12.2. The van der Waals surface area contributed by atoms with Gasteiger partial charge in [-0.1, -0.05) is 60.1 Å². The van der Waals surface area contributed by atoms with Crippen LogP contribution >= 0.6 is 0 Å². The number of nitrogens with one attached hydrogen (secondary N) is 1. The molecule has 0 aromatic carbocycles. The first-order valence-corrected chi connectivity index (χ1v) is 19.2. The minimum absolute atomic E-state index is 0.0925. The first-order chi connectivity index (χ1) is 23.3. The Labute approximate surface area is 299 Å². The molecule has 50 heavy (non-hydrogen) atoms. The molecule has 3 saturated carbocycles. The van der Waals surface area contributed by atoms with E-state index in [9.17, 15) is 24.3 Å². The lowest BCUT2D eigenvalue weighted by atomic mass is 9.34. The molecule has 0 radical (unpaired) electrons. The van der Waals surface area contributed by atoms with Crippen molar-refractivity contribution in [1.82, 2.24) is 5.32 Å². The molecule has 10 heteroatoms. The molecule has 4 aliphatic carbocycles. The molecule has 0 spiro atoms. The minimum Gasteiger partial charge on any atom is -0.481 e. The number of allylic oxidation sites excluding steroid dienone is 1. The van der Waals surface area contributed by atoms with Gasteiger partial charge in [-0.3, -0.25) is 19.2 Å². The summed E-state index contributed by atoms with van der Waals surface area (Å²) in [5.41, 5.74) is 5.63. The molecular weight excluding hydrogens is 636 g/mol. The van der Waals surface area contributed by atoms with Crippen LogP contribution in [0.25, 0.3) is 0 Å². The number of nitrogens with two attached hydrogens (primary N) is 1. The van der Waals surface area contributed by atoms with E-state index >= 15 is 0 Å². The quantitative estimate of drug-likeness (QED) is 0.133. The number of aliphatic carboxylic acids is 1. The van der Waals surface area contributed by atoms with Crippen LogP contribution in [-0.2, 0) is 33.4 Å². The highest BCUT2D eigenvalue weighted by atomic mass is 16.6. The fourth-order valence-electron chi connectivity index (χ4n) is 12.2. The van der Waals surface area contributed by atoms with Crippen molar-refractivity contribution in [3.05, 3.63) is 11.6 Å². The zero-order valence-electron chi connectivity index (χ0n) is 32.1. The van der Waals surface area contributed by atoms with Gasteiger partial charge in [0.25, 0.3) is 0 Å². The van der Waals surface area contributed by atoms with Gasteiger partial charge < -0.3 is 30.4 Å². The highest BCUT2D eigenvalue weighted by molar-refractivity contribution is 5.76. The summed E-state index contributed by atoms with van der Waals surface area (Å²) < 4.78 is 18.8. The van der Waals surface area contributed by atoms with Crippen molar-refractivity contribution in [2.45, 2.75) is 138 Å². The van der Waals surface area contributed by atoms with Gasteiger partial charge in [0.1, 0.15) is 18.2 Å². The third-order valence-electron chi connectivity index (χ3n) is 15.2. The van der Waals surface area contributed by atoms with Crippen LogP contribution in [-0.4, -0.2) is 66.9 Å². The molecule has 5 rings (SSSR count). The molecule has 4 fully saturated rings. The van der Waals surface area contributed by atoms with Crippen molar-refractivity contribution in [3.63, 3.8) is 0 Å². The summed E-state index contributed by atoms with van der Waals surface area (Å²) in [5.74, 6) is -1.25. The zero-order chi connectivity index (χ0) is 37.0. The van der Waals surface area contributed by atoms with Crippen LogP contribution in [0.2, 0.25) is 0 Å². The number of carboxylic acid groups (broad SMARTS) is 1. The Morgan fingerprint density at radius 3 is 2.32 bits per heavy atom. The monoisotopic (exact) mass is 700 g/mol. The molecule has 0 aromatic heterocycles. The smallest absolute Gasteiger partial charge is 0.323 e. The fraction of sp³-hybridized carbons (Fsp3) is 0.850. The molecule has 1 unspecified atom stereocenters. The van der Waals surface area contributed by atoms with Gasteiger partial charge in [-0.2, -0.15) is 0 Å². The maximum Gasteiger partial charge on any atom is 0.323 e. The van der Waals surface area contributed by atoms with E-state index in [4.69, 9.17) is 19.9 Å². The number of unbranched alkanes of at least 4 members (excludes halogenated alkanes) is 1. The summed E-state index contributed by atoms with van der Waals surface area (Å²) >= 11 is 0. The van der Waals surface area contributed by atoms with E-state index < -0.39 is 58.3 Å². The Morgan fingerprint density at radius 1 is 1.00 bits per heavy atom. The third-order valence-corrected chi connectivity index (χ3v) is 15.2. The van der Waals surface area contributed by atoms with E-state index in [1.54, 1.807) is 0 Å². The topological polar surface area (TPSA) is 154 Å². The summed E-state index contributed by atoms with van der Waals surface area (Å²) in [6.45, 7) is 19.9. The predicted octanol–water partition coefficient (Wildman–Crippen LogP) is 6.05. The van der Waals surface area contributed by atoms with Crippen LogP contribution in [0, 0.1) is 56.7 Å². The van der Waals surface area contributed by atoms with Gasteiger partial charge in [-0.05, 0) is 97.7 Å². The Morgan fingerprint density at radius 2 is 1.70 bits per heavy atom. The van der Waals surface area contributed by atoms with E-state index in [1.807, 2.05) is 0 Å². The highest BCUT2D eigenvalue weighted by Gasteiger charge is 2.72. The number of carbonyl (C=O) groups is 4. The number of ether oxygens (including phenoxy) is 3. The lowest BCUT2D eigenvalue weighted by Crippen LogP contribution is -2.70. The Kier molecular flexibility index (Phi) is 10.7. The number of fused-ring (bicyclic) bond motifs is 3. The van der Waals surface area contributed by atoms with Gasteiger partial charge in [-0.15, -0.1) is 0 Å². The van der Waals surface area contributed by atoms with Crippen LogP contribution in [0.1, 0.15) is 120 Å². The van der Waals surface area contributed by atoms with Gasteiger partial charge in [0.2, 0.25) is 5.91 Å². The molecule has 5 aliphatic rings. The van der Waals surface area contributed by atoms with E-state index in [1.165, 1.54) is 19.4 Å². The van der Waals surface area contributed by atoms with Gasteiger partial charge in [-0.25, -0.2) is 0 Å². The Bertz CT molecular complexity index is 1380. The SMILES string of the molecule is CC(=O)NCCCCC(N)C(=O)O[C@H]1[C@H](OC(C)=O)C[C@]23COC[C@]1(C)[C@@H]2CC[C@H]1C3=CC[C@@]2(C)[C@H](C(=O)O)[C@@](C)([C@H](C)C(C)C)CC[C@]12C. The van der Waals surface area contributed by atoms with E-state index in [-0.39, 0.29) is 34.5 Å². The normalized spacial score (nSPS) is 41.7. The largest absolute Gasteiger partial charge is 0.481 e. The Balaban J connectivity index is 1.47. The summed E-state index contributed by atoms with van der Waals surface area (Å²) in [7, 11) is 0. The zero-order valence-corrected chi connectivity index (χ0v) is 32.1. The molecule has 0 aromatic rings. The van der Waals surface area contributed by atoms with Crippen LogP contribution in [0.4, 0.5) is 0 Å². The highest BCUT2D eigenvalue weighted by Crippen LogP contribution is 2.75. The third kappa shape index (κ3) is 6.12. The van der Waals surface area contributed by atoms with Crippen molar-refractivity contribution in [2.24, 2.45) is 62.4 Å². The molecule has 1 heterocycles. The maximum absolute atomic E-state index is 13.5. The van der Waals surface area contributed by atoms with Gasteiger partial charge in [0.05, 0.1) is 19.1 Å². The molecule has 12 atom stereocenters. The number of esters is 2. The number of amides is 1. The molecule has 1 aliphatic heterocycles. The molecule has 1 saturated heterocycles. The average Bonchev–Trinajstić information content (AvgIpc) is 3.02. The molecule has 1 amide bonds. The second-order valence-electron chi connectivity index (χ2n) is 18.1. The van der Waals surface area contributed by atoms with E-state index in [0.717, 1.165) is 25.7 Å². The molecule has 282 valence electrons. The Hall–Kier alpha value is -2.46. The lowest BCUT2D eigenvalue weighted by molar-refractivity contribution is -0.263.